The molecule has 0 fully saturated rings. The van der Waals surface area contributed by atoms with Gasteiger partial charge in [-0.3, -0.25) is 0 Å². The van der Waals surface area contributed by atoms with Crippen LogP contribution in [0.5, 0.6) is 0 Å². The molecule has 0 saturated carbocycles. The fraction of sp³-hybridized carbons (Fsp3) is 0.389. The molecule has 3 rings (SSSR count). The molecule has 1 unspecified atom stereocenters. The molecule has 0 bridgehead atoms. The highest BCUT2D eigenvalue weighted by Crippen LogP contribution is 2.35. The van der Waals surface area contributed by atoms with Gasteiger partial charge in [-0.05, 0) is 55.1 Å². The molecule has 1 aromatic heterocycles. The van der Waals surface area contributed by atoms with Crippen molar-refractivity contribution in [3.8, 4) is 0 Å². The number of pyridine rings is 1. The maximum atomic E-state index is 4.74. The van der Waals surface area contributed by atoms with Crippen molar-refractivity contribution >= 4 is 11.5 Å². The van der Waals surface area contributed by atoms with Crippen molar-refractivity contribution in [2.45, 2.75) is 26.8 Å². The second-order valence-electron chi connectivity index (χ2n) is 6.06. The summed E-state index contributed by atoms with van der Waals surface area (Å²) in [7, 11) is 1.96. The Morgan fingerprint density at radius 3 is 2.90 bits per heavy atom. The Morgan fingerprint density at radius 2 is 2.14 bits per heavy atom. The zero-order valence-electron chi connectivity index (χ0n) is 13.1. The van der Waals surface area contributed by atoms with Crippen LogP contribution >= 0.6 is 0 Å². The average molecular weight is 281 g/mol. The molecule has 1 aliphatic rings. The number of nitrogens with one attached hydrogen (secondary N) is 1. The van der Waals surface area contributed by atoms with Gasteiger partial charge in [0, 0.05) is 25.0 Å². The van der Waals surface area contributed by atoms with Crippen molar-refractivity contribution in [3.05, 3.63) is 53.2 Å². The van der Waals surface area contributed by atoms with Crippen LogP contribution in [0, 0.1) is 12.8 Å². The van der Waals surface area contributed by atoms with Crippen molar-refractivity contribution in [2.75, 3.05) is 18.5 Å². The smallest absolute Gasteiger partial charge is 0.135 e. The molecule has 2 aromatic rings. The number of benzene rings is 1. The third-order valence-electron chi connectivity index (χ3n) is 4.09. The molecule has 21 heavy (non-hydrogen) atoms. The lowest BCUT2D eigenvalue weighted by molar-refractivity contribution is 0.559. The minimum Gasteiger partial charge on any atom is -0.326 e. The molecule has 0 aliphatic carbocycles. The van der Waals surface area contributed by atoms with Crippen LogP contribution in [0.25, 0.3) is 0 Å². The third-order valence-corrected chi connectivity index (χ3v) is 4.09. The van der Waals surface area contributed by atoms with Gasteiger partial charge in [0.15, 0.2) is 0 Å². The number of nitrogens with zero attached hydrogens (tertiary/aromatic N) is 2. The fourth-order valence-electron chi connectivity index (χ4n) is 3.21. The summed E-state index contributed by atoms with van der Waals surface area (Å²) in [5.74, 6) is 1.74. The minimum absolute atomic E-state index is 0.651. The highest BCUT2D eigenvalue weighted by Gasteiger charge is 2.24. The predicted octanol–water partition coefficient (Wildman–Crippen LogP) is 3.44. The summed E-state index contributed by atoms with van der Waals surface area (Å²) in [6.07, 6.45) is 3.14. The summed E-state index contributed by atoms with van der Waals surface area (Å²) in [5.41, 5.74) is 5.22. The van der Waals surface area contributed by atoms with Crippen LogP contribution in [0.2, 0.25) is 0 Å². The normalized spacial score (nSPS) is 17.7. The van der Waals surface area contributed by atoms with E-state index < -0.39 is 0 Å². The minimum atomic E-state index is 0.651. The zero-order chi connectivity index (χ0) is 14.8. The molecule has 2 heterocycles. The van der Waals surface area contributed by atoms with E-state index in [0.29, 0.717) is 5.92 Å². The summed E-state index contributed by atoms with van der Waals surface area (Å²) in [5, 5.41) is 3.18. The molecule has 0 spiro atoms. The molecule has 3 heteroatoms. The van der Waals surface area contributed by atoms with Crippen LogP contribution in [0.1, 0.15) is 23.6 Å². The topological polar surface area (TPSA) is 28.2 Å². The highest BCUT2D eigenvalue weighted by molar-refractivity contribution is 5.67. The van der Waals surface area contributed by atoms with E-state index in [0.717, 1.165) is 25.3 Å². The van der Waals surface area contributed by atoms with Gasteiger partial charge in [-0.25, -0.2) is 4.98 Å². The first-order chi connectivity index (χ1) is 10.2. The van der Waals surface area contributed by atoms with E-state index in [1.54, 1.807) is 0 Å². The Hall–Kier alpha value is -1.87. The van der Waals surface area contributed by atoms with Crippen LogP contribution in [0.15, 0.2) is 36.5 Å². The van der Waals surface area contributed by atoms with E-state index >= 15 is 0 Å². The lowest BCUT2D eigenvalue weighted by atomic mass is 9.93. The van der Waals surface area contributed by atoms with Crippen molar-refractivity contribution in [1.29, 1.82) is 0 Å². The molecule has 0 saturated heterocycles. The Kier molecular flexibility index (Phi) is 3.93. The highest BCUT2D eigenvalue weighted by atomic mass is 15.2. The van der Waals surface area contributed by atoms with E-state index in [1.165, 1.54) is 22.4 Å². The number of aryl methyl sites for hydroxylation is 1. The van der Waals surface area contributed by atoms with Gasteiger partial charge in [-0.15, -0.1) is 0 Å². The molecule has 1 N–H and O–H groups in total. The number of anilines is 2. The summed E-state index contributed by atoms with van der Waals surface area (Å²) in [6.45, 7) is 6.37. The Balaban J connectivity index is 2.00. The van der Waals surface area contributed by atoms with Crippen LogP contribution in [-0.4, -0.2) is 18.6 Å². The summed E-state index contributed by atoms with van der Waals surface area (Å²) in [6, 6.07) is 10.9. The maximum absolute atomic E-state index is 4.74. The number of fused-ring (bicyclic) bond motifs is 1. The lowest BCUT2D eigenvalue weighted by Gasteiger charge is -2.34. The van der Waals surface area contributed by atoms with Gasteiger partial charge in [0.1, 0.15) is 5.82 Å². The number of rotatable bonds is 3. The summed E-state index contributed by atoms with van der Waals surface area (Å²) >= 11 is 0. The largest absolute Gasteiger partial charge is 0.326 e. The Morgan fingerprint density at radius 1 is 1.33 bits per heavy atom. The molecular weight excluding hydrogens is 258 g/mol. The van der Waals surface area contributed by atoms with E-state index in [2.05, 4.69) is 54.4 Å². The molecule has 0 amide bonds. The predicted molar refractivity (Wildman–Crippen MR) is 88.1 cm³/mol. The maximum Gasteiger partial charge on any atom is 0.135 e. The van der Waals surface area contributed by atoms with Crippen molar-refractivity contribution in [2.24, 2.45) is 5.92 Å². The fourth-order valence-corrected chi connectivity index (χ4v) is 3.21. The van der Waals surface area contributed by atoms with Crippen molar-refractivity contribution in [1.82, 2.24) is 10.3 Å². The molecule has 3 nitrogen and oxygen atoms in total. The van der Waals surface area contributed by atoms with Crippen molar-refractivity contribution < 1.29 is 0 Å². The van der Waals surface area contributed by atoms with E-state index in [-0.39, 0.29) is 0 Å². The van der Waals surface area contributed by atoms with Gasteiger partial charge in [-0.1, -0.05) is 25.1 Å². The standard InChI is InChI=1S/C18H23N3/c1-13-8-16-6-4-5-7-17(16)21(12-13)18-14(2)9-15(10-19-3)11-20-18/h4-7,9,11,13,19H,8,10,12H2,1-3H3. The first-order valence-electron chi connectivity index (χ1n) is 7.64. The van der Waals surface area contributed by atoms with Gasteiger partial charge in [-0.2, -0.15) is 0 Å². The van der Waals surface area contributed by atoms with Crippen LogP contribution in [0.4, 0.5) is 11.5 Å². The van der Waals surface area contributed by atoms with Crippen LogP contribution < -0.4 is 10.2 Å². The molecule has 1 aromatic carbocycles. The molecular formula is C18H23N3. The summed E-state index contributed by atoms with van der Waals surface area (Å²) in [4.78, 5) is 7.12. The zero-order valence-corrected chi connectivity index (χ0v) is 13.1. The van der Waals surface area contributed by atoms with Crippen LogP contribution in [-0.2, 0) is 13.0 Å². The second-order valence-corrected chi connectivity index (χ2v) is 6.06. The Labute approximate surface area is 127 Å². The van der Waals surface area contributed by atoms with Gasteiger partial charge in [0.2, 0.25) is 0 Å². The third kappa shape index (κ3) is 2.79. The average Bonchev–Trinajstić information content (AvgIpc) is 2.47. The monoisotopic (exact) mass is 281 g/mol. The SMILES string of the molecule is CNCc1cnc(N2CC(C)Cc3ccccc32)c(C)c1. The number of hydrogen-bond acceptors (Lipinski definition) is 3. The van der Waals surface area contributed by atoms with E-state index in [4.69, 9.17) is 4.98 Å². The molecule has 1 aliphatic heterocycles. The van der Waals surface area contributed by atoms with E-state index in [9.17, 15) is 0 Å². The van der Waals surface area contributed by atoms with Crippen LogP contribution in [0.3, 0.4) is 0 Å². The first kappa shape index (κ1) is 14.1. The van der Waals surface area contributed by atoms with Gasteiger partial charge in [0.25, 0.3) is 0 Å². The van der Waals surface area contributed by atoms with E-state index in [1.807, 2.05) is 13.2 Å². The van der Waals surface area contributed by atoms with Crippen molar-refractivity contribution in [3.63, 3.8) is 0 Å². The summed E-state index contributed by atoms with van der Waals surface area (Å²) < 4.78 is 0. The number of aromatic nitrogens is 1. The van der Waals surface area contributed by atoms with Gasteiger partial charge >= 0.3 is 0 Å². The molecule has 110 valence electrons. The number of hydrogen-bond donors (Lipinski definition) is 1. The molecule has 1 atom stereocenters. The first-order valence-corrected chi connectivity index (χ1v) is 7.64. The lowest BCUT2D eigenvalue weighted by Crippen LogP contribution is -2.31. The van der Waals surface area contributed by atoms with Gasteiger partial charge < -0.3 is 10.2 Å². The van der Waals surface area contributed by atoms with Gasteiger partial charge in [0.05, 0.1) is 0 Å². The quantitative estimate of drug-likeness (QED) is 0.934. The Bertz CT molecular complexity index is 636. The number of para-hydroxylation sites is 1. The molecule has 0 radical (unpaired) electrons. The second kappa shape index (κ2) is 5.86.